The van der Waals surface area contributed by atoms with Crippen LogP contribution in [0.1, 0.15) is 17.5 Å². The van der Waals surface area contributed by atoms with Gasteiger partial charge in [0.05, 0.1) is 11.6 Å². The summed E-state index contributed by atoms with van der Waals surface area (Å²) < 4.78 is 5.13. The van der Waals surface area contributed by atoms with Crippen molar-refractivity contribution in [1.29, 1.82) is 0 Å². The Labute approximate surface area is 157 Å². The molecule has 4 rings (SSSR count). The van der Waals surface area contributed by atoms with Gasteiger partial charge in [-0.3, -0.25) is 9.78 Å². The van der Waals surface area contributed by atoms with Crippen molar-refractivity contribution in [3.63, 3.8) is 0 Å². The van der Waals surface area contributed by atoms with Crippen molar-refractivity contribution in [2.75, 3.05) is 6.61 Å². The van der Waals surface area contributed by atoms with E-state index in [1.54, 1.807) is 6.20 Å². The van der Waals surface area contributed by atoms with Gasteiger partial charge >= 0.3 is 6.09 Å². The largest absolute Gasteiger partial charge is 0.447 e. The van der Waals surface area contributed by atoms with Gasteiger partial charge in [0.1, 0.15) is 6.61 Å². The molecule has 0 unspecified atom stereocenters. The first-order valence-electron chi connectivity index (χ1n) is 9.07. The van der Waals surface area contributed by atoms with Gasteiger partial charge < -0.3 is 4.74 Å². The summed E-state index contributed by atoms with van der Waals surface area (Å²) in [5.74, 6) is -0.202. The van der Waals surface area contributed by atoms with Gasteiger partial charge in [-0.25, -0.2) is 9.69 Å². The lowest BCUT2D eigenvalue weighted by Crippen LogP contribution is -2.40. The topological polar surface area (TPSA) is 59.5 Å². The first-order chi connectivity index (χ1) is 13.2. The number of nitrogens with zero attached hydrogens (tertiary/aromatic N) is 2. The highest BCUT2D eigenvalue weighted by molar-refractivity contribution is 5.93. The summed E-state index contributed by atoms with van der Waals surface area (Å²) >= 11 is 0. The Balaban J connectivity index is 1.43. The van der Waals surface area contributed by atoms with Crippen LogP contribution in [-0.4, -0.2) is 34.5 Å². The van der Waals surface area contributed by atoms with Crippen LogP contribution in [0.15, 0.2) is 66.9 Å². The van der Waals surface area contributed by atoms with Crippen molar-refractivity contribution in [1.82, 2.24) is 9.88 Å². The van der Waals surface area contributed by atoms with Crippen molar-refractivity contribution < 1.29 is 14.3 Å². The van der Waals surface area contributed by atoms with Gasteiger partial charge in [0.15, 0.2) is 0 Å². The number of hydrogen-bond donors (Lipinski definition) is 0. The van der Waals surface area contributed by atoms with E-state index in [2.05, 4.69) is 4.98 Å². The average molecular weight is 360 g/mol. The maximum atomic E-state index is 12.7. The second-order valence-electron chi connectivity index (χ2n) is 6.72. The fourth-order valence-electron chi connectivity index (χ4n) is 3.43. The van der Waals surface area contributed by atoms with Crippen LogP contribution < -0.4 is 0 Å². The van der Waals surface area contributed by atoms with Gasteiger partial charge in [-0.2, -0.15) is 0 Å². The summed E-state index contributed by atoms with van der Waals surface area (Å²) in [6, 6.07) is 19.5. The molecule has 0 spiro atoms. The van der Waals surface area contributed by atoms with Crippen molar-refractivity contribution in [3.05, 3.63) is 78.0 Å². The standard InChI is InChI=1S/C22H20N2O3/c25-21(11-10-17-12-18-8-4-5-9-20(18)23-14-17)24-19(15-27-22(24)26)13-16-6-2-1-3-7-16/h1-9,12,14,19H,10-11,13,15H2/t19-/m0/s1. The maximum Gasteiger partial charge on any atom is 0.416 e. The quantitative estimate of drug-likeness (QED) is 0.695. The number of carbonyl (C=O) groups is 2. The number of rotatable bonds is 5. The molecule has 3 aromatic rings. The zero-order chi connectivity index (χ0) is 18.6. The molecule has 136 valence electrons. The molecule has 2 aromatic carbocycles. The fraction of sp³-hybridized carbons (Fsp3) is 0.227. The van der Waals surface area contributed by atoms with Crippen LogP contribution in [0.25, 0.3) is 10.9 Å². The molecule has 0 N–H and O–H groups in total. The Morgan fingerprint density at radius 3 is 2.70 bits per heavy atom. The average Bonchev–Trinajstić information content (AvgIpc) is 3.07. The van der Waals surface area contributed by atoms with E-state index in [1.807, 2.05) is 60.7 Å². The van der Waals surface area contributed by atoms with Crippen LogP contribution in [-0.2, 0) is 22.4 Å². The van der Waals surface area contributed by atoms with Gasteiger partial charge in [-0.15, -0.1) is 0 Å². The van der Waals surface area contributed by atoms with Crippen molar-refractivity contribution >= 4 is 22.9 Å². The van der Waals surface area contributed by atoms with Crippen molar-refractivity contribution in [3.8, 4) is 0 Å². The lowest BCUT2D eigenvalue weighted by atomic mass is 10.0. The Hall–Kier alpha value is -3.21. The first-order valence-corrected chi connectivity index (χ1v) is 9.07. The lowest BCUT2D eigenvalue weighted by Gasteiger charge is -2.19. The molecule has 5 heteroatoms. The molecule has 0 aliphatic carbocycles. The van der Waals surface area contributed by atoms with Crippen LogP contribution in [0.2, 0.25) is 0 Å². The predicted octanol–water partition coefficient (Wildman–Crippen LogP) is 3.76. The number of aryl methyl sites for hydroxylation is 1. The molecule has 1 saturated heterocycles. The minimum absolute atomic E-state index is 0.202. The lowest BCUT2D eigenvalue weighted by molar-refractivity contribution is -0.129. The van der Waals surface area contributed by atoms with Gasteiger partial charge in [0.25, 0.3) is 0 Å². The molecule has 2 amide bonds. The van der Waals surface area contributed by atoms with E-state index in [9.17, 15) is 9.59 Å². The zero-order valence-corrected chi connectivity index (χ0v) is 14.9. The molecule has 1 aliphatic heterocycles. The molecule has 0 saturated carbocycles. The molecule has 2 heterocycles. The number of carbonyl (C=O) groups excluding carboxylic acids is 2. The third kappa shape index (κ3) is 3.82. The molecule has 0 radical (unpaired) electrons. The van der Waals surface area contributed by atoms with E-state index in [0.717, 1.165) is 22.0 Å². The van der Waals surface area contributed by atoms with Crippen molar-refractivity contribution in [2.45, 2.75) is 25.3 Å². The molecular weight excluding hydrogens is 340 g/mol. The highest BCUT2D eigenvalue weighted by Gasteiger charge is 2.37. The number of cyclic esters (lactones) is 1. The molecule has 1 fully saturated rings. The van der Waals surface area contributed by atoms with Crippen LogP contribution in [0.4, 0.5) is 4.79 Å². The highest BCUT2D eigenvalue weighted by Crippen LogP contribution is 2.20. The first kappa shape index (κ1) is 17.2. The van der Waals surface area contributed by atoms with Gasteiger partial charge in [-0.1, -0.05) is 48.5 Å². The van der Waals surface area contributed by atoms with Gasteiger partial charge in [0, 0.05) is 18.0 Å². The van der Waals surface area contributed by atoms with Gasteiger partial charge in [-0.05, 0) is 36.1 Å². The zero-order valence-electron chi connectivity index (χ0n) is 14.9. The third-order valence-electron chi connectivity index (χ3n) is 4.82. The van der Waals surface area contributed by atoms with E-state index >= 15 is 0 Å². The van der Waals surface area contributed by atoms with E-state index in [4.69, 9.17) is 4.74 Å². The molecule has 1 atom stereocenters. The van der Waals surface area contributed by atoms with Crippen LogP contribution in [0, 0.1) is 0 Å². The minimum atomic E-state index is -0.544. The summed E-state index contributed by atoms with van der Waals surface area (Å²) in [5.41, 5.74) is 2.99. The fourth-order valence-corrected chi connectivity index (χ4v) is 3.43. The van der Waals surface area contributed by atoms with Crippen LogP contribution in [0.3, 0.4) is 0 Å². The molecule has 1 aliphatic rings. The number of pyridine rings is 1. The number of ether oxygens (including phenoxy) is 1. The summed E-state index contributed by atoms with van der Waals surface area (Å²) in [4.78, 5) is 30.5. The van der Waals surface area contributed by atoms with Crippen LogP contribution in [0.5, 0.6) is 0 Å². The second kappa shape index (κ2) is 7.58. The SMILES string of the molecule is O=C(CCc1cnc2ccccc2c1)N1C(=O)OC[C@@H]1Cc1ccccc1. The molecular formula is C22H20N2O3. The van der Waals surface area contributed by atoms with E-state index in [-0.39, 0.29) is 25.0 Å². The smallest absolute Gasteiger partial charge is 0.416 e. The Kier molecular flexibility index (Phi) is 4.83. The van der Waals surface area contributed by atoms with E-state index in [1.165, 1.54) is 4.90 Å². The van der Waals surface area contributed by atoms with Crippen molar-refractivity contribution in [2.24, 2.45) is 0 Å². The Morgan fingerprint density at radius 1 is 1.07 bits per heavy atom. The monoisotopic (exact) mass is 360 g/mol. The highest BCUT2D eigenvalue weighted by atomic mass is 16.6. The number of para-hydroxylation sites is 1. The summed E-state index contributed by atoms with van der Waals surface area (Å²) in [6.45, 7) is 0.247. The number of fused-ring (bicyclic) bond motifs is 1. The number of imide groups is 1. The Bertz CT molecular complexity index is 971. The predicted molar refractivity (Wildman–Crippen MR) is 102 cm³/mol. The van der Waals surface area contributed by atoms with Gasteiger partial charge in [0.2, 0.25) is 5.91 Å². The Morgan fingerprint density at radius 2 is 1.85 bits per heavy atom. The normalized spacial score (nSPS) is 16.5. The molecule has 5 nitrogen and oxygen atoms in total. The summed E-state index contributed by atoms with van der Waals surface area (Å²) in [6.07, 6.45) is 2.64. The molecule has 1 aromatic heterocycles. The summed E-state index contributed by atoms with van der Waals surface area (Å²) in [7, 11) is 0. The number of benzene rings is 2. The maximum absolute atomic E-state index is 12.7. The van der Waals surface area contributed by atoms with E-state index < -0.39 is 6.09 Å². The molecule has 27 heavy (non-hydrogen) atoms. The summed E-state index contributed by atoms with van der Waals surface area (Å²) in [5, 5.41) is 1.05. The second-order valence-corrected chi connectivity index (χ2v) is 6.72. The van der Waals surface area contributed by atoms with Crippen LogP contribution >= 0.6 is 0 Å². The number of aromatic nitrogens is 1. The third-order valence-corrected chi connectivity index (χ3v) is 4.82. The number of amides is 2. The van der Waals surface area contributed by atoms with E-state index in [0.29, 0.717) is 12.8 Å². The number of hydrogen-bond acceptors (Lipinski definition) is 4. The molecule has 0 bridgehead atoms. The minimum Gasteiger partial charge on any atom is -0.447 e.